The van der Waals surface area contributed by atoms with Crippen molar-refractivity contribution in [2.24, 2.45) is 0 Å². The lowest BCUT2D eigenvalue weighted by molar-refractivity contribution is 0.563. The van der Waals surface area contributed by atoms with Gasteiger partial charge in [-0.25, -0.2) is 26.8 Å². The van der Waals surface area contributed by atoms with Crippen LogP contribution in [0.4, 0.5) is 11.6 Å². The number of hydrogen-bond acceptors (Lipinski definition) is 10. The molecular formula is C20H30N6O4S2. The second kappa shape index (κ2) is 9.05. The summed E-state index contributed by atoms with van der Waals surface area (Å²) in [5, 5.41) is -0.498. The summed E-state index contributed by atoms with van der Waals surface area (Å²) in [7, 11) is -7.37. The minimum Gasteiger partial charge on any atom is -0.355 e. The molecule has 4 heterocycles. The molecule has 0 aromatic carbocycles. The molecule has 2 fully saturated rings. The summed E-state index contributed by atoms with van der Waals surface area (Å²) in [6.07, 6.45) is 5.97. The van der Waals surface area contributed by atoms with E-state index in [-0.39, 0.29) is 21.8 Å². The molecule has 0 N–H and O–H groups in total. The minimum atomic E-state index is -3.68. The molecule has 0 atom stereocenters. The third-order valence-corrected chi connectivity index (χ3v) is 9.09. The van der Waals surface area contributed by atoms with E-state index in [1.807, 2.05) is 9.80 Å². The quantitative estimate of drug-likeness (QED) is 0.564. The molecule has 32 heavy (non-hydrogen) atoms. The SMILES string of the molecule is CCS(=O)(=O)c1nc(N2CCCCC2)c2nc(S(=O)(=O)CC)nc(N3CCCCC3)c2n1. The predicted octanol–water partition coefficient (Wildman–Crippen LogP) is 1.99. The molecule has 2 saturated heterocycles. The van der Waals surface area contributed by atoms with Gasteiger partial charge in [-0.3, -0.25) is 0 Å². The summed E-state index contributed by atoms with van der Waals surface area (Å²) in [5.41, 5.74) is 0.620. The first-order chi connectivity index (χ1) is 15.3. The van der Waals surface area contributed by atoms with E-state index >= 15 is 0 Å². The molecule has 2 aliphatic rings. The summed E-state index contributed by atoms with van der Waals surface area (Å²) < 4.78 is 51.0. The summed E-state index contributed by atoms with van der Waals surface area (Å²) >= 11 is 0. The van der Waals surface area contributed by atoms with Crippen molar-refractivity contribution in [1.82, 2.24) is 19.9 Å². The van der Waals surface area contributed by atoms with Crippen molar-refractivity contribution >= 4 is 42.3 Å². The zero-order valence-corrected chi connectivity index (χ0v) is 20.3. The molecule has 0 aliphatic carbocycles. The average Bonchev–Trinajstić information content (AvgIpc) is 2.83. The van der Waals surface area contributed by atoms with Crippen LogP contribution in [0.3, 0.4) is 0 Å². The summed E-state index contributed by atoms with van der Waals surface area (Å²) in [6.45, 7) is 5.94. The molecule has 4 rings (SSSR count). The molecule has 2 aromatic rings. The van der Waals surface area contributed by atoms with E-state index in [0.717, 1.165) is 38.5 Å². The first-order valence-corrected chi connectivity index (χ1v) is 14.6. The van der Waals surface area contributed by atoms with Crippen LogP contribution in [0.2, 0.25) is 0 Å². The summed E-state index contributed by atoms with van der Waals surface area (Å²) in [4.78, 5) is 21.7. The number of nitrogens with zero attached hydrogens (tertiary/aromatic N) is 6. The molecule has 0 unspecified atom stereocenters. The van der Waals surface area contributed by atoms with Crippen molar-refractivity contribution in [3.63, 3.8) is 0 Å². The van der Waals surface area contributed by atoms with Gasteiger partial charge in [0.25, 0.3) is 0 Å². The molecule has 0 bridgehead atoms. The fourth-order valence-electron chi connectivity index (χ4n) is 4.13. The normalized spacial score (nSPS) is 18.3. The molecule has 0 amide bonds. The van der Waals surface area contributed by atoms with Gasteiger partial charge in [0.2, 0.25) is 30.0 Å². The van der Waals surface area contributed by atoms with Gasteiger partial charge in [-0.15, -0.1) is 0 Å². The van der Waals surface area contributed by atoms with E-state index in [0.29, 0.717) is 48.8 Å². The Kier molecular flexibility index (Phi) is 6.53. The number of rotatable bonds is 6. The number of anilines is 2. The highest BCUT2D eigenvalue weighted by atomic mass is 32.2. The Hall–Kier alpha value is -2.08. The third kappa shape index (κ3) is 4.39. The van der Waals surface area contributed by atoms with Crippen LogP contribution in [0.15, 0.2) is 10.3 Å². The smallest absolute Gasteiger partial charge is 0.249 e. The molecule has 12 heteroatoms. The lowest BCUT2D eigenvalue weighted by Crippen LogP contribution is -2.33. The Morgan fingerprint density at radius 3 is 1.25 bits per heavy atom. The first kappa shape index (κ1) is 23.1. The lowest BCUT2D eigenvalue weighted by atomic mass is 10.1. The molecule has 0 spiro atoms. The zero-order chi connectivity index (χ0) is 22.9. The maximum atomic E-state index is 12.7. The Morgan fingerprint density at radius 2 is 0.938 bits per heavy atom. The van der Waals surface area contributed by atoms with Gasteiger partial charge >= 0.3 is 0 Å². The fraction of sp³-hybridized carbons (Fsp3) is 0.700. The highest BCUT2D eigenvalue weighted by Gasteiger charge is 2.29. The van der Waals surface area contributed by atoms with Crippen molar-refractivity contribution < 1.29 is 16.8 Å². The van der Waals surface area contributed by atoms with E-state index in [1.54, 1.807) is 13.8 Å². The van der Waals surface area contributed by atoms with Crippen molar-refractivity contribution in [1.29, 1.82) is 0 Å². The highest BCUT2D eigenvalue weighted by molar-refractivity contribution is 7.91. The minimum absolute atomic E-state index is 0.125. The van der Waals surface area contributed by atoms with Crippen molar-refractivity contribution in [2.45, 2.75) is 62.7 Å². The summed E-state index contributed by atoms with van der Waals surface area (Å²) in [6, 6.07) is 0. The standard InChI is InChI=1S/C20H30N6O4S2/c1-3-31(27,28)19-21-15-16(17(23-19)25-11-7-5-8-12-25)22-20(32(29,30)4-2)24-18(15)26-13-9-6-10-14-26/h3-14H2,1-2H3. The van der Waals surface area contributed by atoms with E-state index in [4.69, 9.17) is 0 Å². The molecule has 0 saturated carbocycles. The topological polar surface area (TPSA) is 126 Å². The van der Waals surface area contributed by atoms with E-state index in [9.17, 15) is 16.8 Å². The molecule has 10 nitrogen and oxygen atoms in total. The number of aromatic nitrogens is 4. The zero-order valence-electron chi connectivity index (χ0n) is 18.6. The molecule has 176 valence electrons. The number of hydrogen-bond donors (Lipinski definition) is 0. The van der Waals surface area contributed by atoms with E-state index in [2.05, 4.69) is 19.9 Å². The highest BCUT2D eigenvalue weighted by Crippen LogP contribution is 2.33. The lowest BCUT2D eigenvalue weighted by Gasteiger charge is -2.31. The second-order valence-corrected chi connectivity index (χ2v) is 12.6. The maximum absolute atomic E-state index is 12.7. The van der Waals surface area contributed by atoms with Crippen molar-refractivity contribution in [3.8, 4) is 0 Å². The van der Waals surface area contributed by atoms with Crippen molar-refractivity contribution in [3.05, 3.63) is 0 Å². The first-order valence-electron chi connectivity index (χ1n) is 11.3. The largest absolute Gasteiger partial charge is 0.355 e. The van der Waals surface area contributed by atoms with Crippen molar-refractivity contribution in [2.75, 3.05) is 47.5 Å². The predicted molar refractivity (Wildman–Crippen MR) is 123 cm³/mol. The van der Waals surface area contributed by atoms with Crippen LogP contribution in [0.5, 0.6) is 0 Å². The van der Waals surface area contributed by atoms with Gasteiger partial charge in [-0.1, -0.05) is 13.8 Å². The van der Waals surface area contributed by atoms with Gasteiger partial charge in [0.15, 0.2) is 11.6 Å². The van der Waals surface area contributed by atoms with Crippen LogP contribution in [0, 0.1) is 0 Å². The average molecular weight is 483 g/mol. The number of fused-ring (bicyclic) bond motifs is 1. The maximum Gasteiger partial charge on any atom is 0.249 e. The molecule has 0 radical (unpaired) electrons. The van der Waals surface area contributed by atoms with Gasteiger partial charge in [0.1, 0.15) is 11.0 Å². The van der Waals surface area contributed by atoms with Gasteiger partial charge in [-0.2, -0.15) is 9.97 Å². The van der Waals surface area contributed by atoms with Crippen LogP contribution in [0.25, 0.3) is 11.0 Å². The Labute approximate surface area is 189 Å². The Bertz CT molecular complexity index is 1110. The van der Waals surface area contributed by atoms with Gasteiger partial charge in [0, 0.05) is 26.2 Å². The second-order valence-electron chi connectivity index (χ2n) is 8.26. The van der Waals surface area contributed by atoms with Gasteiger partial charge in [0.05, 0.1) is 11.5 Å². The van der Waals surface area contributed by atoms with Crippen LogP contribution in [0.1, 0.15) is 52.4 Å². The Morgan fingerprint density at radius 1 is 0.594 bits per heavy atom. The number of piperidine rings is 2. The molecule has 2 aromatic heterocycles. The van der Waals surface area contributed by atoms with Gasteiger partial charge < -0.3 is 9.80 Å². The van der Waals surface area contributed by atoms with Crippen LogP contribution < -0.4 is 9.80 Å². The van der Waals surface area contributed by atoms with Gasteiger partial charge in [-0.05, 0) is 38.5 Å². The molecule has 2 aliphatic heterocycles. The number of sulfone groups is 2. The third-order valence-electron chi connectivity index (χ3n) is 6.09. The van der Waals surface area contributed by atoms with Crippen LogP contribution >= 0.6 is 0 Å². The van der Waals surface area contributed by atoms with E-state index < -0.39 is 19.7 Å². The monoisotopic (exact) mass is 482 g/mol. The fourth-order valence-corrected chi connectivity index (χ4v) is 5.56. The van der Waals surface area contributed by atoms with Crippen LogP contribution in [-0.2, 0) is 19.7 Å². The Balaban J connectivity index is 2.05. The van der Waals surface area contributed by atoms with E-state index in [1.165, 1.54) is 0 Å². The molecular weight excluding hydrogens is 452 g/mol. The summed E-state index contributed by atoms with van der Waals surface area (Å²) in [5.74, 6) is 0.519. The van der Waals surface area contributed by atoms with Crippen LogP contribution in [-0.4, -0.2) is 74.5 Å².